The number of hydrogen-bond donors (Lipinski definition) is 2. The molecule has 0 bridgehead atoms. The van der Waals surface area contributed by atoms with E-state index in [1.54, 1.807) is 0 Å². The van der Waals surface area contributed by atoms with Crippen molar-refractivity contribution in [3.8, 4) is 0 Å². The summed E-state index contributed by atoms with van der Waals surface area (Å²) in [5.41, 5.74) is 1.67. The third kappa shape index (κ3) is 6.06. The van der Waals surface area contributed by atoms with Crippen LogP contribution in [-0.2, 0) is 0 Å². The molecular formula is C18H31NO. The van der Waals surface area contributed by atoms with Crippen molar-refractivity contribution in [2.45, 2.75) is 46.5 Å². The standard InChI is InChI=1S/C18H31NO/c1-15(2)17(16-9-6-5-7-10-16)13-19-14-18(3,4)11-8-12-20/h5-7,9-10,15,17,19-20H,8,11-14H2,1-4H3. The highest BCUT2D eigenvalue weighted by Gasteiger charge is 2.19. The molecule has 114 valence electrons. The van der Waals surface area contributed by atoms with Gasteiger partial charge in [0, 0.05) is 19.7 Å². The van der Waals surface area contributed by atoms with E-state index in [1.165, 1.54) is 5.56 Å². The van der Waals surface area contributed by atoms with Crippen molar-refractivity contribution >= 4 is 0 Å². The van der Waals surface area contributed by atoms with Gasteiger partial charge in [-0.25, -0.2) is 0 Å². The Morgan fingerprint density at radius 3 is 2.35 bits per heavy atom. The van der Waals surface area contributed by atoms with Gasteiger partial charge in [-0.15, -0.1) is 0 Å². The predicted octanol–water partition coefficient (Wildman–Crippen LogP) is 3.81. The van der Waals surface area contributed by atoms with E-state index in [4.69, 9.17) is 5.11 Å². The van der Waals surface area contributed by atoms with Crippen LogP contribution in [0.1, 0.15) is 52.0 Å². The van der Waals surface area contributed by atoms with Crippen LogP contribution in [-0.4, -0.2) is 24.8 Å². The van der Waals surface area contributed by atoms with Crippen LogP contribution in [0.2, 0.25) is 0 Å². The molecule has 1 aromatic rings. The summed E-state index contributed by atoms with van der Waals surface area (Å²) in [5, 5.41) is 12.6. The average Bonchev–Trinajstić information content (AvgIpc) is 2.42. The van der Waals surface area contributed by atoms with Gasteiger partial charge in [-0.3, -0.25) is 0 Å². The van der Waals surface area contributed by atoms with Gasteiger partial charge < -0.3 is 10.4 Å². The van der Waals surface area contributed by atoms with Gasteiger partial charge in [-0.05, 0) is 35.7 Å². The summed E-state index contributed by atoms with van der Waals surface area (Å²) >= 11 is 0. The molecule has 0 aliphatic carbocycles. The highest BCUT2D eigenvalue weighted by Crippen LogP contribution is 2.25. The summed E-state index contributed by atoms with van der Waals surface area (Å²) in [5.74, 6) is 1.19. The van der Waals surface area contributed by atoms with Crippen LogP contribution in [0, 0.1) is 11.3 Å². The van der Waals surface area contributed by atoms with Gasteiger partial charge in [-0.2, -0.15) is 0 Å². The first kappa shape index (κ1) is 17.2. The molecule has 1 aromatic carbocycles. The SMILES string of the molecule is CC(C)C(CNCC(C)(C)CCCO)c1ccccc1. The molecule has 0 aliphatic heterocycles. The zero-order chi connectivity index (χ0) is 15.0. The van der Waals surface area contributed by atoms with Gasteiger partial charge in [-0.1, -0.05) is 58.0 Å². The second kappa shape index (κ2) is 8.43. The molecule has 0 radical (unpaired) electrons. The minimum absolute atomic E-state index is 0.251. The highest BCUT2D eigenvalue weighted by atomic mass is 16.2. The lowest BCUT2D eigenvalue weighted by atomic mass is 9.86. The van der Waals surface area contributed by atoms with Crippen molar-refractivity contribution in [3.05, 3.63) is 35.9 Å². The Labute approximate surface area is 124 Å². The Balaban J connectivity index is 2.48. The van der Waals surface area contributed by atoms with Gasteiger partial charge in [0.25, 0.3) is 0 Å². The first-order chi connectivity index (χ1) is 9.46. The van der Waals surface area contributed by atoms with Crippen LogP contribution in [0.25, 0.3) is 0 Å². The fraction of sp³-hybridized carbons (Fsp3) is 0.667. The first-order valence-electron chi connectivity index (χ1n) is 7.83. The summed E-state index contributed by atoms with van der Waals surface area (Å²) in [6.07, 6.45) is 1.95. The Morgan fingerprint density at radius 1 is 1.15 bits per heavy atom. The summed E-state index contributed by atoms with van der Waals surface area (Å²) in [6, 6.07) is 10.8. The molecular weight excluding hydrogens is 246 g/mol. The van der Waals surface area contributed by atoms with Gasteiger partial charge in [0.05, 0.1) is 0 Å². The van der Waals surface area contributed by atoms with Crippen molar-refractivity contribution in [2.75, 3.05) is 19.7 Å². The molecule has 1 rings (SSSR count). The van der Waals surface area contributed by atoms with Crippen LogP contribution >= 0.6 is 0 Å². The van der Waals surface area contributed by atoms with E-state index in [1.807, 2.05) is 0 Å². The largest absolute Gasteiger partial charge is 0.396 e. The van der Waals surface area contributed by atoms with Gasteiger partial charge in [0.2, 0.25) is 0 Å². The molecule has 0 aliphatic rings. The van der Waals surface area contributed by atoms with E-state index in [0.29, 0.717) is 18.4 Å². The smallest absolute Gasteiger partial charge is 0.0431 e. The summed E-state index contributed by atoms with van der Waals surface area (Å²) in [6.45, 7) is 11.4. The lowest BCUT2D eigenvalue weighted by Gasteiger charge is -2.28. The van der Waals surface area contributed by atoms with Crippen molar-refractivity contribution in [1.29, 1.82) is 0 Å². The number of rotatable bonds is 9. The Morgan fingerprint density at radius 2 is 1.80 bits per heavy atom. The second-order valence-corrected chi connectivity index (χ2v) is 6.88. The summed E-state index contributed by atoms with van der Waals surface area (Å²) in [4.78, 5) is 0. The molecule has 1 unspecified atom stereocenters. The summed E-state index contributed by atoms with van der Waals surface area (Å²) < 4.78 is 0. The molecule has 0 fully saturated rings. The second-order valence-electron chi connectivity index (χ2n) is 6.88. The minimum Gasteiger partial charge on any atom is -0.396 e. The molecule has 2 nitrogen and oxygen atoms in total. The molecule has 0 spiro atoms. The van der Waals surface area contributed by atoms with Gasteiger partial charge >= 0.3 is 0 Å². The Bertz CT molecular complexity index is 359. The van der Waals surface area contributed by atoms with Crippen LogP contribution in [0.4, 0.5) is 0 Å². The molecule has 2 heteroatoms. The number of hydrogen-bond acceptors (Lipinski definition) is 2. The molecule has 0 aromatic heterocycles. The van der Waals surface area contributed by atoms with E-state index < -0.39 is 0 Å². The van der Waals surface area contributed by atoms with Crippen molar-refractivity contribution in [3.63, 3.8) is 0 Å². The molecule has 1 atom stereocenters. The molecule has 2 N–H and O–H groups in total. The number of aliphatic hydroxyl groups is 1. The van der Waals surface area contributed by atoms with E-state index in [-0.39, 0.29) is 5.41 Å². The van der Waals surface area contributed by atoms with Gasteiger partial charge in [0.1, 0.15) is 0 Å². The zero-order valence-electron chi connectivity index (χ0n) is 13.5. The van der Waals surface area contributed by atoms with E-state index in [2.05, 4.69) is 63.3 Å². The predicted molar refractivity (Wildman–Crippen MR) is 87.0 cm³/mol. The van der Waals surface area contributed by atoms with Crippen molar-refractivity contribution in [2.24, 2.45) is 11.3 Å². The fourth-order valence-electron chi connectivity index (χ4n) is 2.65. The lowest BCUT2D eigenvalue weighted by molar-refractivity contribution is 0.235. The third-order valence-corrected chi connectivity index (χ3v) is 4.01. The quantitative estimate of drug-likeness (QED) is 0.719. The normalized spacial score (nSPS) is 13.7. The maximum absolute atomic E-state index is 8.94. The fourth-order valence-corrected chi connectivity index (χ4v) is 2.65. The molecule has 0 saturated carbocycles. The zero-order valence-corrected chi connectivity index (χ0v) is 13.5. The van der Waals surface area contributed by atoms with Crippen LogP contribution in [0.3, 0.4) is 0 Å². The molecule has 20 heavy (non-hydrogen) atoms. The van der Waals surface area contributed by atoms with E-state index >= 15 is 0 Å². The Kier molecular flexibility index (Phi) is 7.25. The minimum atomic E-state index is 0.251. The van der Waals surface area contributed by atoms with Crippen molar-refractivity contribution in [1.82, 2.24) is 5.32 Å². The molecule has 0 heterocycles. The molecule has 0 saturated heterocycles. The monoisotopic (exact) mass is 277 g/mol. The number of benzene rings is 1. The average molecular weight is 277 g/mol. The van der Waals surface area contributed by atoms with E-state index in [9.17, 15) is 0 Å². The number of aliphatic hydroxyl groups excluding tert-OH is 1. The van der Waals surface area contributed by atoms with Crippen molar-refractivity contribution < 1.29 is 5.11 Å². The number of nitrogens with one attached hydrogen (secondary N) is 1. The van der Waals surface area contributed by atoms with Gasteiger partial charge in [0.15, 0.2) is 0 Å². The maximum Gasteiger partial charge on any atom is 0.0431 e. The van der Waals surface area contributed by atoms with Crippen LogP contribution < -0.4 is 5.32 Å². The lowest BCUT2D eigenvalue weighted by Crippen LogP contribution is -2.33. The first-order valence-corrected chi connectivity index (χ1v) is 7.83. The topological polar surface area (TPSA) is 32.3 Å². The van der Waals surface area contributed by atoms with Crippen LogP contribution in [0.15, 0.2) is 30.3 Å². The van der Waals surface area contributed by atoms with Crippen LogP contribution in [0.5, 0.6) is 0 Å². The van der Waals surface area contributed by atoms with E-state index in [0.717, 1.165) is 25.9 Å². The highest BCUT2D eigenvalue weighted by molar-refractivity contribution is 5.20. The summed E-state index contributed by atoms with van der Waals surface area (Å²) in [7, 11) is 0. The maximum atomic E-state index is 8.94. The molecule has 0 amide bonds. The Hall–Kier alpha value is -0.860. The third-order valence-electron chi connectivity index (χ3n) is 4.01.